The molecule has 0 aliphatic carbocycles. The molecule has 0 saturated heterocycles. The number of nitrogens with zero attached hydrogens (tertiary/aromatic N) is 1. The van der Waals surface area contributed by atoms with Crippen molar-refractivity contribution in [3.63, 3.8) is 0 Å². The first-order chi connectivity index (χ1) is 7.60. The summed E-state index contributed by atoms with van der Waals surface area (Å²) in [4.78, 5) is 13.1. The lowest BCUT2D eigenvalue weighted by molar-refractivity contribution is -0.117. The smallest absolute Gasteiger partial charge is 0.240 e. The molecule has 0 fully saturated rings. The van der Waals surface area contributed by atoms with Gasteiger partial charge in [-0.25, -0.2) is 0 Å². The van der Waals surface area contributed by atoms with Crippen LogP contribution in [-0.4, -0.2) is 33.7 Å². The molecule has 0 aliphatic heterocycles. The highest BCUT2D eigenvalue weighted by Gasteiger charge is 2.13. The molecule has 0 aliphatic rings. The first-order valence-electron chi connectivity index (χ1n) is 4.85. The van der Waals surface area contributed by atoms with Crippen molar-refractivity contribution in [3.05, 3.63) is 23.2 Å². The normalized spacial score (nSPS) is 10.0. The molecule has 0 atom stereocenters. The number of methoxy groups -OCH3 is 1. The number of amides is 1. The van der Waals surface area contributed by atoms with E-state index in [2.05, 4.69) is 5.32 Å². The van der Waals surface area contributed by atoms with Gasteiger partial charge >= 0.3 is 0 Å². The molecule has 88 valence electrons. The van der Waals surface area contributed by atoms with E-state index in [-0.39, 0.29) is 12.5 Å². The molecule has 1 rings (SSSR count). The summed E-state index contributed by atoms with van der Waals surface area (Å²) >= 11 is 6.05. The third-order valence-electron chi connectivity index (χ3n) is 2.22. The van der Waals surface area contributed by atoms with Crippen molar-refractivity contribution in [1.82, 2.24) is 5.32 Å². The van der Waals surface area contributed by atoms with E-state index in [4.69, 9.17) is 16.3 Å². The van der Waals surface area contributed by atoms with E-state index < -0.39 is 0 Å². The van der Waals surface area contributed by atoms with Crippen molar-refractivity contribution < 1.29 is 9.53 Å². The van der Waals surface area contributed by atoms with Crippen LogP contribution in [0.15, 0.2) is 18.2 Å². The van der Waals surface area contributed by atoms with Crippen LogP contribution in [0.3, 0.4) is 0 Å². The molecular formula is C11H15ClN2O2. The van der Waals surface area contributed by atoms with E-state index in [1.165, 1.54) is 4.90 Å². The molecule has 16 heavy (non-hydrogen) atoms. The van der Waals surface area contributed by atoms with E-state index in [0.717, 1.165) is 0 Å². The van der Waals surface area contributed by atoms with Crippen molar-refractivity contribution >= 4 is 23.2 Å². The van der Waals surface area contributed by atoms with Crippen LogP contribution in [0.2, 0.25) is 5.02 Å². The number of rotatable bonds is 4. The zero-order chi connectivity index (χ0) is 12.1. The predicted molar refractivity (Wildman–Crippen MR) is 65.3 cm³/mol. The lowest BCUT2D eigenvalue weighted by Crippen LogP contribution is -2.34. The summed E-state index contributed by atoms with van der Waals surface area (Å²) < 4.78 is 5.04. The fourth-order valence-corrected chi connectivity index (χ4v) is 1.59. The quantitative estimate of drug-likeness (QED) is 0.871. The van der Waals surface area contributed by atoms with Crippen molar-refractivity contribution in [3.8, 4) is 5.75 Å². The first-order valence-corrected chi connectivity index (χ1v) is 5.22. The van der Waals surface area contributed by atoms with Gasteiger partial charge in [0.15, 0.2) is 0 Å². The second kappa shape index (κ2) is 5.72. The molecule has 0 radical (unpaired) electrons. The van der Waals surface area contributed by atoms with E-state index >= 15 is 0 Å². The topological polar surface area (TPSA) is 41.6 Å². The van der Waals surface area contributed by atoms with Crippen LogP contribution >= 0.6 is 11.6 Å². The van der Waals surface area contributed by atoms with Gasteiger partial charge in [-0.1, -0.05) is 11.6 Å². The molecule has 1 amide bonds. The van der Waals surface area contributed by atoms with Crippen molar-refractivity contribution in [2.45, 2.75) is 0 Å². The molecule has 1 aromatic carbocycles. The van der Waals surface area contributed by atoms with Crippen LogP contribution in [-0.2, 0) is 4.79 Å². The standard InChI is InChI=1S/C11H15ClN2O2/c1-13-7-11(15)14(2)10-5-4-8(16-3)6-9(10)12/h4-6,13H,7H2,1-3H3. The van der Waals surface area contributed by atoms with E-state index in [1.54, 1.807) is 39.4 Å². The Bertz CT molecular complexity index is 382. The van der Waals surface area contributed by atoms with Gasteiger partial charge in [0, 0.05) is 13.1 Å². The summed E-state index contributed by atoms with van der Waals surface area (Å²) in [6.07, 6.45) is 0. The van der Waals surface area contributed by atoms with Crippen LogP contribution in [0, 0.1) is 0 Å². The third-order valence-corrected chi connectivity index (χ3v) is 2.52. The van der Waals surface area contributed by atoms with Crippen molar-refractivity contribution in [2.75, 3.05) is 32.6 Å². The van der Waals surface area contributed by atoms with Crippen molar-refractivity contribution in [1.29, 1.82) is 0 Å². The lowest BCUT2D eigenvalue weighted by Gasteiger charge is -2.18. The number of anilines is 1. The molecule has 1 N–H and O–H groups in total. The summed E-state index contributed by atoms with van der Waals surface area (Å²) in [7, 11) is 4.98. The highest BCUT2D eigenvalue weighted by Crippen LogP contribution is 2.28. The Morgan fingerprint density at radius 2 is 2.25 bits per heavy atom. The molecule has 5 heteroatoms. The van der Waals surface area contributed by atoms with Gasteiger partial charge in [0.1, 0.15) is 5.75 Å². The van der Waals surface area contributed by atoms with Gasteiger partial charge in [-0.05, 0) is 19.2 Å². The average Bonchev–Trinajstić information content (AvgIpc) is 2.28. The van der Waals surface area contributed by atoms with Gasteiger partial charge < -0.3 is 15.0 Å². The number of ether oxygens (including phenoxy) is 1. The molecule has 0 aromatic heterocycles. The summed E-state index contributed by atoms with van der Waals surface area (Å²) in [5.74, 6) is 0.623. The second-order valence-electron chi connectivity index (χ2n) is 3.30. The van der Waals surface area contributed by atoms with Gasteiger partial charge in [-0.3, -0.25) is 4.79 Å². The number of hydrogen-bond acceptors (Lipinski definition) is 3. The van der Waals surface area contributed by atoms with Crippen LogP contribution in [0.4, 0.5) is 5.69 Å². The lowest BCUT2D eigenvalue weighted by atomic mass is 10.2. The largest absolute Gasteiger partial charge is 0.497 e. The van der Waals surface area contributed by atoms with Gasteiger partial charge in [0.25, 0.3) is 0 Å². The maximum Gasteiger partial charge on any atom is 0.240 e. The van der Waals surface area contributed by atoms with E-state index in [9.17, 15) is 4.79 Å². The Kier molecular flexibility index (Phi) is 4.58. The highest BCUT2D eigenvalue weighted by molar-refractivity contribution is 6.34. The molecule has 0 spiro atoms. The Balaban J connectivity index is 2.91. The zero-order valence-electron chi connectivity index (χ0n) is 9.58. The predicted octanol–water partition coefficient (Wildman–Crippen LogP) is 1.53. The van der Waals surface area contributed by atoms with Crippen LogP contribution in [0.5, 0.6) is 5.75 Å². The Hall–Kier alpha value is -1.26. The fraction of sp³-hybridized carbons (Fsp3) is 0.364. The number of benzene rings is 1. The molecule has 0 heterocycles. The monoisotopic (exact) mass is 242 g/mol. The average molecular weight is 243 g/mol. The number of hydrogen-bond donors (Lipinski definition) is 1. The van der Waals surface area contributed by atoms with Gasteiger partial charge in [-0.15, -0.1) is 0 Å². The third kappa shape index (κ3) is 2.87. The highest BCUT2D eigenvalue weighted by atomic mass is 35.5. The fourth-order valence-electron chi connectivity index (χ4n) is 1.29. The van der Waals surface area contributed by atoms with Gasteiger partial charge in [0.2, 0.25) is 5.91 Å². The SMILES string of the molecule is CNCC(=O)N(C)c1ccc(OC)cc1Cl. The van der Waals surface area contributed by atoms with Gasteiger partial charge in [-0.2, -0.15) is 0 Å². The van der Waals surface area contributed by atoms with Crippen LogP contribution in [0.1, 0.15) is 0 Å². The number of carbonyl (C=O) groups is 1. The minimum absolute atomic E-state index is 0.0467. The van der Waals surface area contributed by atoms with Crippen LogP contribution in [0.25, 0.3) is 0 Å². The minimum atomic E-state index is -0.0467. The summed E-state index contributed by atoms with van der Waals surface area (Å²) in [6, 6.07) is 5.21. The summed E-state index contributed by atoms with van der Waals surface area (Å²) in [5, 5.41) is 3.29. The van der Waals surface area contributed by atoms with Gasteiger partial charge in [0.05, 0.1) is 24.4 Å². The maximum atomic E-state index is 11.6. The number of halogens is 1. The molecule has 0 unspecified atom stereocenters. The molecule has 1 aromatic rings. The molecule has 0 saturated carbocycles. The first kappa shape index (κ1) is 12.8. The zero-order valence-corrected chi connectivity index (χ0v) is 10.3. The molecule has 4 nitrogen and oxygen atoms in total. The van der Waals surface area contributed by atoms with Crippen LogP contribution < -0.4 is 15.0 Å². The Labute approximate surface area is 100 Å². The summed E-state index contributed by atoms with van der Waals surface area (Å²) in [6.45, 7) is 0.277. The number of carbonyl (C=O) groups excluding carboxylic acids is 1. The van der Waals surface area contributed by atoms with E-state index in [1.807, 2.05) is 0 Å². The maximum absolute atomic E-state index is 11.6. The Morgan fingerprint density at radius 1 is 1.56 bits per heavy atom. The number of likely N-dealkylation sites (N-methyl/N-ethyl adjacent to an activating group) is 2. The van der Waals surface area contributed by atoms with E-state index in [0.29, 0.717) is 16.5 Å². The number of nitrogens with one attached hydrogen (secondary N) is 1. The molecular weight excluding hydrogens is 228 g/mol. The second-order valence-corrected chi connectivity index (χ2v) is 3.71. The summed E-state index contributed by atoms with van der Waals surface area (Å²) in [5.41, 5.74) is 0.669. The Morgan fingerprint density at radius 3 is 2.75 bits per heavy atom. The minimum Gasteiger partial charge on any atom is -0.497 e. The van der Waals surface area contributed by atoms with Crippen molar-refractivity contribution in [2.24, 2.45) is 0 Å². The molecule has 0 bridgehead atoms.